The molecule has 1 N–H and O–H groups in total. The Kier molecular flexibility index (Phi) is 4.90. The molecule has 0 aromatic carbocycles. The highest BCUT2D eigenvalue weighted by molar-refractivity contribution is 5.95. The van der Waals surface area contributed by atoms with E-state index in [0.717, 1.165) is 31.5 Å². The maximum atomic E-state index is 12.7. The van der Waals surface area contributed by atoms with Crippen LogP contribution in [0.1, 0.15) is 62.0 Å². The van der Waals surface area contributed by atoms with Crippen molar-refractivity contribution in [3.8, 4) is 0 Å². The van der Waals surface area contributed by atoms with Gasteiger partial charge in [-0.05, 0) is 33.1 Å². The number of hydrogen-bond acceptors (Lipinski definition) is 5. The van der Waals surface area contributed by atoms with Gasteiger partial charge in [-0.15, -0.1) is 0 Å². The Morgan fingerprint density at radius 1 is 1.35 bits per heavy atom. The zero-order valence-electron chi connectivity index (χ0n) is 16.4. The van der Waals surface area contributed by atoms with E-state index < -0.39 is 0 Å². The number of likely N-dealkylation sites (tertiary alicyclic amines) is 1. The van der Waals surface area contributed by atoms with Crippen LogP contribution in [0.2, 0.25) is 0 Å². The summed E-state index contributed by atoms with van der Waals surface area (Å²) in [6, 6.07) is 0.0420. The van der Waals surface area contributed by atoms with Gasteiger partial charge < -0.3 is 15.1 Å². The molecule has 3 rings (SSSR count). The SMILES string of the molecule is CC(C)NC(=O)c1cnc(N(C)C)nc1C1CCN(C(=O)C2(C)CC2)C1. The molecule has 0 spiro atoms. The fourth-order valence-electron chi connectivity index (χ4n) is 3.38. The molecule has 1 aromatic heterocycles. The van der Waals surface area contributed by atoms with Crippen molar-refractivity contribution in [2.75, 3.05) is 32.1 Å². The first kappa shape index (κ1) is 18.6. The Bertz CT molecular complexity index is 712. The Labute approximate surface area is 155 Å². The highest BCUT2D eigenvalue weighted by Gasteiger charge is 2.48. The average Bonchev–Trinajstić information content (AvgIpc) is 3.15. The number of carbonyl (C=O) groups is 2. The topological polar surface area (TPSA) is 78.4 Å². The number of aromatic nitrogens is 2. The van der Waals surface area contributed by atoms with E-state index in [4.69, 9.17) is 0 Å². The van der Waals surface area contributed by atoms with E-state index in [-0.39, 0.29) is 29.2 Å². The molecular weight excluding hydrogens is 330 g/mol. The summed E-state index contributed by atoms with van der Waals surface area (Å²) in [6.45, 7) is 7.25. The zero-order chi connectivity index (χ0) is 19.1. The summed E-state index contributed by atoms with van der Waals surface area (Å²) >= 11 is 0. The van der Waals surface area contributed by atoms with Gasteiger partial charge in [-0.25, -0.2) is 9.97 Å². The first-order chi connectivity index (χ1) is 12.2. The third-order valence-electron chi connectivity index (χ3n) is 5.25. The van der Waals surface area contributed by atoms with Crippen LogP contribution in [0.15, 0.2) is 6.20 Å². The first-order valence-corrected chi connectivity index (χ1v) is 9.36. The number of rotatable bonds is 5. The Morgan fingerprint density at radius 2 is 2.04 bits per heavy atom. The summed E-state index contributed by atoms with van der Waals surface area (Å²) in [7, 11) is 3.76. The molecule has 1 atom stereocenters. The fraction of sp³-hybridized carbons (Fsp3) is 0.684. The number of nitrogens with one attached hydrogen (secondary N) is 1. The van der Waals surface area contributed by atoms with Crippen LogP contribution >= 0.6 is 0 Å². The molecule has 142 valence electrons. The molecule has 26 heavy (non-hydrogen) atoms. The highest BCUT2D eigenvalue weighted by atomic mass is 16.2. The lowest BCUT2D eigenvalue weighted by Gasteiger charge is -2.21. The van der Waals surface area contributed by atoms with Gasteiger partial charge in [0.15, 0.2) is 0 Å². The van der Waals surface area contributed by atoms with Crippen molar-refractivity contribution in [1.82, 2.24) is 20.2 Å². The van der Waals surface area contributed by atoms with E-state index in [1.54, 1.807) is 6.20 Å². The Morgan fingerprint density at radius 3 is 2.62 bits per heavy atom. The van der Waals surface area contributed by atoms with Crippen LogP contribution in [-0.4, -0.2) is 59.9 Å². The summed E-state index contributed by atoms with van der Waals surface area (Å²) in [5, 5.41) is 2.93. The molecule has 7 nitrogen and oxygen atoms in total. The van der Waals surface area contributed by atoms with Crippen molar-refractivity contribution < 1.29 is 9.59 Å². The normalized spacial score (nSPS) is 21.0. The van der Waals surface area contributed by atoms with E-state index in [9.17, 15) is 9.59 Å². The fourth-order valence-corrected chi connectivity index (χ4v) is 3.38. The maximum absolute atomic E-state index is 12.7. The predicted molar refractivity (Wildman–Crippen MR) is 100 cm³/mol. The van der Waals surface area contributed by atoms with Crippen LogP contribution in [0.4, 0.5) is 5.95 Å². The lowest BCUT2D eigenvalue weighted by molar-refractivity contribution is -0.135. The third-order valence-corrected chi connectivity index (χ3v) is 5.25. The van der Waals surface area contributed by atoms with Crippen LogP contribution < -0.4 is 10.2 Å². The van der Waals surface area contributed by atoms with Crippen molar-refractivity contribution in [3.05, 3.63) is 17.5 Å². The first-order valence-electron chi connectivity index (χ1n) is 9.36. The van der Waals surface area contributed by atoms with Gasteiger partial charge in [0.25, 0.3) is 5.91 Å². The zero-order valence-corrected chi connectivity index (χ0v) is 16.4. The molecule has 2 fully saturated rings. The average molecular weight is 359 g/mol. The molecule has 0 radical (unpaired) electrons. The molecule has 2 aliphatic rings. The smallest absolute Gasteiger partial charge is 0.254 e. The number of anilines is 1. The van der Waals surface area contributed by atoms with E-state index in [1.807, 2.05) is 44.7 Å². The van der Waals surface area contributed by atoms with Gasteiger partial charge in [0, 0.05) is 50.8 Å². The lowest BCUT2D eigenvalue weighted by atomic mass is 9.99. The minimum absolute atomic E-state index is 0.0420. The highest BCUT2D eigenvalue weighted by Crippen LogP contribution is 2.47. The monoisotopic (exact) mass is 359 g/mol. The maximum Gasteiger partial charge on any atom is 0.254 e. The van der Waals surface area contributed by atoms with Crippen molar-refractivity contribution in [3.63, 3.8) is 0 Å². The quantitative estimate of drug-likeness (QED) is 0.867. The molecule has 2 amide bonds. The molecule has 1 aromatic rings. The van der Waals surface area contributed by atoms with E-state index in [1.165, 1.54) is 0 Å². The van der Waals surface area contributed by atoms with Crippen molar-refractivity contribution in [2.45, 2.75) is 52.0 Å². The largest absolute Gasteiger partial charge is 0.350 e. The molecule has 1 aliphatic heterocycles. The summed E-state index contributed by atoms with van der Waals surface area (Å²) in [5.41, 5.74) is 1.10. The van der Waals surface area contributed by atoms with E-state index in [2.05, 4.69) is 15.3 Å². The minimum atomic E-state index is -0.160. The summed E-state index contributed by atoms with van der Waals surface area (Å²) in [5.74, 6) is 0.741. The second-order valence-corrected chi connectivity index (χ2v) is 8.29. The molecule has 1 aliphatic carbocycles. The second-order valence-electron chi connectivity index (χ2n) is 8.29. The van der Waals surface area contributed by atoms with Crippen LogP contribution in [0.5, 0.6) is 0 Å². The molecule has 0 bridgehead atoms. The Hall–Kier alpha value is -2.18. The van der Waals surface area contributed by atoms with Crippen LogP contribution in [0, 0.1) is 5.41 Å². The van der Waals surface area contributed by atoms with Crippen LogP contribution in [0.3, 0.4) is 0 Å². The van der Waals surface area contributed by atoms with Crippen molar-refractivity contribution >= 4 is 17.8 Å². The predicted octanol–water partition coefficient (Wildman–Crippen LogP) is 1.80. The minimum Gasteiger partial charge on any atom is -0.350 e. The van der Waals surface area contributed by atoms with Gasteiger partial charge >= 0.3 is 0 Å². The molecular formula is C19H29N5O2. The molecule has 1 saturated carbocycles. The molecule has 2 heterocycles. The number of carbonyl (C=O) groups excluding carboxylic acids is 2. The van der Waals surface area contributed by atoms with Crippen molar-refractivity contribution in [1.29, 1.82) is 0 Å². The third kappa shape index (κ3) is 3.66. The summed E-state index contributed by atoms with van der Waals surface area (Å²) in [4.78, 5) is 38.0. The van der Waals surface area contributed by atoms with Gasteiger partial charge in [-0.2, -0.15) is 0 Å². The van der Waals surface area contributed by atoms with Gasteiger partial charge in [0.1, 0.15) is 0 Å². The summed E-state index contributed by atoms with van der Waals surface area (Å²) < 4.78 is 0. The molecule has 7 heteroatoms. The number of nitrogens with zero attached hydrogens (tertiary/aromatic N) is 4. The van der Waals surface area contributed by atoms with E-state index in [0.29, 0.717) is 18.1 Å². The second kappa shape index (κ2) is 6.85. The van der Waals surface area contributed by atoms with Crippen LogP contribution in [0.25, 0.3) is 0 Å². The number of hydrogen-bond donors (Lipinski definition) is 1. The number of amides is 2. The molecule has 1 unspecified atom stereocenters. The van der Waals surface area contributed by atoms with Gasteiger partial charge in [-0.3, -0.25) is 9.59 Å². The standard InChI is InChI=1S/C19H29N5O2/c1-12(2)21-16(25)14-10-20-18(23(4)5)22-15(14)13-6-9-24(11-13)17(26)19(3)7-8-19/h10,12-13H,6-9,11H2,1-5H3,(H,21,25). The van der Waals surface area contributed by atoms with Crippen molar-refractivity contribution in [2.24, 2.45) is 5.41 Å². The van der Waals surface area contributed by atoms with Crippen LogP contribution in [-0.2, 0) is 4.79 Å². The summed E-state index contributed by atoms with van der Waals surface area (Å²) in [6.07, 6.45) is 4.40. The van der Waals surface area contributed by atoms with Gasteiger partial charge in [0.05, 0.1) is 11.3 Å². The van der Waals surface area contributed by atoms with Gasteiger partial charge in [0.2, 0.25) is 11.9 Å². The van der Waals surface area contributed by atoms with Gasteiger partial charge in [-0.1, -0.05) is 6.92 Å². The van der Waals surface area contributed by atoms with E-state index >= 15 is 0 Å². The lowest BCUT2D eigenvalue weighted by Crippen LogP contribution is -2.35. The molecule has 1 saturated heterocycles. The Balaban J connectivity index is 1.86.